The molecular weight excluding hydrogens is 346 g/mol. The van der Waals surface area contributed by atoms with Gasteiger partial charge in [-0.1, -0.05) is 12.1 Å². The van der Waals surface area contributed by atoms with Gasteiger partial charge in [0.25, 0.3) is 0 Å². The molecule has 0 spiro atoms. The molecule has 4 rings (SSSR count). The molecule has 0 aliphatic carbocycles. The van der Waals surface area contributed by atoms with Crippen molar-refractivity contribution in [2.24, 2.45) is 5.92 Å². The fraction of sp³-hybridized carbons (Fsp3) is 0.316. The van der Waals surface area contributed by atoms with Gasteiger partial charge in [-0.2, -0.15) is 5.26 Å². The lowest BCUT2D eigenvalue weighted by molar-refractivity contribution is -0.123. The summed E-state index contributed by atoms with van der Waals surface area (Å²) in [6.07, 6.45) is 6.50. The number of carbonyl (C=O) groups excluding carboxylic acids is 1. The molecule has 0 saturated carbocycles. The predicted molar refractivity (Wildman–Crippen MR) is 100.0 cm³/mol. The maximum absolute atomic E-state index is 12.9. The van der Waals surface area contributed by atoms with Gasteiger partial charge in [0.1, 0.15) is 10.8 Å². The van der Waals surface area contributed by atoms with Crippen LogP contribution in [0.15, 0.2) is 42.9 Å². The average Bonchev–Trinajstić information content (AvgIpc) is 3.13. The van der Waals surface area contributed by atoms with Crippen molar-refractivity contribution in [3.63, 3.8) is 0 Å². The van der Waals surface area contributed by atoms with Gasteiger partial charge in [0.05, 0.1) is 22.5 Å². The van der Waals surface area contributed by atoms with Gasteiger partial charge < -0.3 is 4.90 Å². The van der Waals surface area contributed by atoms with E-state index in [0.29, 0.717) is 5.01 Å². The zero-order chi connectivity index (χ0) is 17.9. The Labute approximate surface area is 155 Å². The number of piperidine rings is 1. The molecule has 3 heterocycles. The van der Waals surface area contributed by atoms with E-state index < -0.39 is 5.92 Å². The Morgan fingerprint density at radius 2 is 2.08 bits per heavy atom. The van der Waals surface area contributed by atoms with Crippen LogP contribution >= 0.6 is 11.3 Å². The molecule has 1 fully saturated rings. The van der Waals surface area contributed by atoms with Gasteiger partial charge in [0, 0.05) is 31.4 Å². The summed E-state index contributed by atoms with van der Waals surface area (Å²) in [5, 5.41) is 10.2. The fourth-order valence-corrected chi connectivity index (χ4v) is 4.36. The lowest BCUT2D eigenvalue weighted by Crippen LogP contribution is -2.38. The first-order valence-corrected chi connectivity index (χ1v) is 9.37. The van der Waals surface area contributed by atoms with Crippen LogP contribution in [0.1, 0.15) is 23.8 Å². The van der Waals surface area contributed by atoms with Crippen molar-refractivity contribution in [1.29, 1.82) is 5.26 Å². The molecule has 130 valence electrons. The van der Waals surface area contributed by atoms with Gasteiger partial charge in [-0.3, -0.25) is 9.78 Å². The number of nitriles is 1. The van der Waals surface area contributed by atoms with E-state index in [-0.39, 0.29) is 11.7 Å². The lowest BCUT2D eigenvalue weighted by atomic mass is 9.86. The van der Waals surface area contributed by atoms with E-state index in [1.165, 1.54) is 11.3 Å². The smallest absolute Gasteiger partial charge is 0.160 e. The van der Waals surface area contributed by atoms with Crippen LogP contribution < -0.4 is 4.90 Å². The number of para-hydroxylation sites is 1. The summed E-state index contributed by atoms with van der Waals surface area (Å²) in [5.74, 6) is -0.0631. The Morgan fingerprint density at radius 3 is 2.77 bits per heavy atom. The minimum absolute atomic E-state index is 0.00893. The molecule has 2 aromatic heterocycles. The maximum Gasteiger partial charge on any atom is 0.160 e. The first-order valence-electron chi connectivity index (χ1n) is 8.56. The third-order valence-electron chi connectivity index (χ3n) is 4.74. The van der Waals surface area contributed by atoms with Gasteiger partial charge in [-0.15, -0.1) is 11.3 Å². The Kier molecular flexibility index (Phi) is 4.59. The molecule has 1 atom stereocenters. The zero-order valence-corrected chi connectivity index (χ0v) is 14.9. The number of Topliss-reactive ketones (excluding diaryl/α,β-unsaturated/α-hetero) is 1. The number of rotatable bonds is 4. The number of ketones is 1. The second-order valence-corrected chi connectivity index (χ2v) is 7.37. The molecule has 1 saturated heterocycles. The van der Waals surface area contributed by atoms with Crippen molar-refractivity contribution in [2.45, 2.75) is 18.8 Å². The Bertz CT molecular complexity index is 924. The molecule has 0 radical (unpaired) electrons. The molecule has 0 N–H and O–H groups in total. The molecule has 6 nitrogen and oxygen atoms in total. The van der Waals surface area contributed by atoms with Gasteiger partial charge in [0.2, 0.25) is 0 Å². The summed E-state index contributed by atoms with van der Waals surface area (Å²) in [5.41, 5.74) is 0.845. The first-order chi connectivity index (χ1) is 12.8. The van der Waals surface area contributed by atoms with Crippen molar-refractivity contribution in [1.82, 2.24) is 15.0 Å². The van der Waals surface area contributed by atoms with Crippen LogP contribution in [-0.4, -0.2) is 33.8 Å². The largest absolute Gasteiger partial charge is 0.355 e. The number of fused-ring (bicyclic) bond motifs is 1. The molecule has 1 unspecified atom stereocenters. The number of anilines is 1. The topological polar surface area (TPSA) is 82.8 Å². The molecule has 3 aromatic rings. The normalized spacial score (nSPS) is 16.3. The van der Waals surface area contributed by atoms with E-state index in [1.807, 2.05) is 24.3 Å². The van der Waals surface area contributed by atoms with Crippen LogP contribution in [-0.2, 0) is 4.79 Å². The third-order valence-corrected chi connectivity index (χ3v) is 5.84. The highest BCUT2D eigenvalue weighted by atomic mass is 32.1. The number of hydrogen-bond acceptors (Lipinski definition) is 7. The SMILES string of the molecule is N#CC(C(=O)C1CCN(c2cnccn2)CC1)c1nc2ccccc2s1. The first kappa shape index (κ1) is 16.6. The lowest BCUT2D eigenvalue weighted by Gasteiger charge is -2.32. The van der Waals surface area contributed by atoms with Gasteiger partial charge >= 0.3 is 0 Å². The Hall–Kier alpha value is -2.85. The van der Waals surface area contributed by atoms with Crippen LogP contribution in [0.3, 0.4) is 0 Å². The quantitative estimate of drug-likeness (QED) is 0.708. The van der Waals surface area contributed by atoms with E-state index in [0.717, 1.165) is 42.0 Å². The monoisotopic (exact) mass is 363 g/mol. The second-order valence-electron chi connectivity index (χ2n) is 6.31. The number of thiazole rings is 1. The summed E-state index contributed by atoms with van der Waals surface area (Å²) < 4.78 is 1.01. The summed E-state index contributed by atoms with van der Waals surface area (Å²) in [6, 6.07) is 9.91. The number of carbonyl (C=O) groups is 1. The van der Waals surface area contributed by atoms with Crippen LogP contribution in [0.5, 0.6) is 0 Å². The highest BCUT2D eigenvalue weighted by molar-refractivity contribution is 7.18. The van der Waals surface area contributed by atoms with Crippen molar-refractivity contribution >= 4 is 33.2 Å². The Balaban J connectivity index is 1.47. The molecule has 0 bridgehead atoms. The zero-order valence-electron chi connectivity index (χ0n) is 14.1. The molecule has 26 heavy (non-hydrogen) atoms. The maximum atomic E-state index is 12.9. The van der Waals surface area contributed by atoms with Crippen molar-refractivity contribution in [2.75, 3.05) is 18.0 Å². The number of benzene rings is 1. The van der Waals surface area contributed by atoms with Crippen LogP contribution in [0, 0.1) is 17.2 Å². The van der Waals surface area contributed by atoms with Crippen molar-refractivity contribution in [3.05, 3.63) is 47.9 Å². The van der Waals surface area contributed by atoms with Gasteiger partial charge in [-0.05, 0) is 25.0 Å². The van der Waals surface area contributed by atoms with Crippen LogP contribution in [0.4, 0.5) is 5.82 Å². The Morgan fingerprint density at radius 1 is 1.27 bits per heavy atom. The van der Waals surface area contributed by atoms with E-state index in [4.69, 9.17) is 0 Å². The second kappa shape index (κ2) is 7.18. The van der Waals surface area contributed by atoms with Crippen molar-refractivity contribution in [3.8, 4) is 6.07 Å². The highest BCUT2D eigenvalue weighted by Crippen LogP contribution is 2.32. The minimum atomic E-state index is -0.777. The molecular formula is C19H17N5OS. The van der Waals surface area contributed by atoms with Crippen LogP contribution in [0.2, 0.25) is 0 Å². The predicted octanol–water partition coefficient (Wildman–Crippen LogP) is 3.18. The third kappa shape index (κ3) is 3.16. The summed E-state index contributed by atoms with van der Waals surface area (Å²) in [7, 11) is 0. The highest BCUT2D eigenvalue weighted by Gasteiger charge is 2.33. The van der Waals surface area contributed by atoms with Crippen LogP contribution in [0.25, 0.3) is 10.2 Å². The molecule has 0 amide bonds. The summed E-state index contributed by atoms with van der Waals surface area (Å²) >= 11 is 1.44. The summed E-state index contributed by atoms with van der Waals surface area (Å²) in [6.45, 7) is 1.49. The molecule has 7 heteroatoms. The van der Waals surface area contributed by atoms with Gasteiger partial charge in [-0.25, -0.2) is 9.97 Å². The minimum Gasteiger partial charge on any atom is -0.355 e. The molecule has 1 aliphatic rings. The van der Waals surface area contributed by atoms with E-state index in [2.05, 4.69) is 25.9 Å². The van der Waals surface area contributed by atoms with E-state index in [9.17, 15) is 10.1 Å². The average molecular weight is 363 g/mol. The van der Waals surface area contributed by atoms with Gasteiger partial charge in [0.15, 0.2) is 11.7 Å². The molecule has 1 aromatic carbocycles. The number of nitrogens with zero attached hydrogens (tertiary/aromatic N) is 5. The number of hydrogen-bond donors (Lipinski definition) is 0. The fourth-order valence-electron chi connectivity index (χ4n) is 3.34. The van der Waals surface area contributed by atoms with E-state index in [1.54, 1.807) is 18.6 Å². The summed E-state index contributed by atoms with van der Waals surface area (Å²) in [4.78, 5) is 28.0. The van der Waals surface area contributed by atoms with E-state index >= 15 is 0 Å². The standard InChI is InChI=1S/C19H17N5OS/c20-11-14(19-23-15-3-1-2-4-16(15)26-19)18(25)13-5-9-24(10-6-13)17-12-21-7-8-22-17/h1-4,7-8,12-14H,5-6,9-10H2. The number of aromatic nitrogens is 3. The van der Waals surface area contributed by atoms with Crippen molar-refractivity contribution < 1.29 is 4.79 Å². The molecule has 1 aliphatic heterocycles.